The second-order valence-electron chi connectivity index (χ2n) is 3.80. The van der Waals surface area contributed by atoms with Gasteiger partial charge in [-0.05, 0) is 30.7 Å². The standard InChI is InChI=1S/C12H13NO/c1-8-6-11-7-10(9(2)13-3)4-5-12(11)14-8/h4-5,7-9H,6H2,1-2H3. The first-order chi connectivity index (χ1) is 6.70. The summed E-state index contributed by atoms with van der Waals surface area (Å²) in [5.74, 6) is 0.985. The molecule has 0 aromatic heterocycles. The van der Waals surface area contributed by atoms with Gasteiger partial charge >= 0.3 is 0 Å². The molecule has 0 aliphatic carbocycles. The Morgan fingerprint density at radius 1 is 1.57 bits per heavy atom. The first kappa shape index (κ1) is 9.08. The highest BCUT2D eigenvalue weighted by atomic mass is 16.5. The van der Waals surface area contributed by atoms with Crippen molar-refractivity contribution in [3.05, 3.63) is 40.7 Å². The van der Waals surface area contributed by atoms with Crippen molar-refractivity contribution in [2.45, 2.75) is 32.4 Å². The molecule has 0 N–H and O–H groups in total. The highest BCUT2D eigenvalue weighted by Crippen LogP contribution is 2.31. The van der Waals surface area contributed by atoms with Crippen LogP contribution in [0.1, 0.15) is 31.0 Å². The number of benzene rings is 1. The Balaban J connectivity index is 2.34. The van der Waals surface area contributed by atoms with E-state index in [4.69, 9.17) is 11.3 Å². The van der Waals surface area contributed by atoms with Gasteiger partial charge in [-0.1, -0.05) is 0 Å². The Bertz CT molecular complexity index is 392. The van der Waals surface area contributed by atoms with Crippen LogP contribution in [0.25, 0.3) is 4.85 Å². The van der Waals surface area contributed by atoms with E-state index < -0.39 is 0 Å². The summed E-state index contributed by atoms with van der Waals surface area (Å²) in [6.07, 6.45) is 1.25. The average molecular weight is 187 g/mol. The van der Waals surface area contributed by atoms with Crippen molar-refractivity contribution < 1.29 is 4.74 Å². The van der Waals surface area contributed by atoms with Crippen molar-refractivity contribution in [3.63, 3.8) is 0 Å². The normalized spacial score (nSPS) is 20.8. The average Bonchev–Trinajstić information content (AvgIpc) is 2.55. The van der Waals surface area contributed by atoms with E-state index in [2.05, 4.69) is 17.8 Å². The third-order valence-corrected chi connectivity index (χ3v) is 2.60. The first-order valence-corrected chi connectivity index (χ1v) is 4.86. The Kier molecular flexibility index (Phi) is 2.17. The molecule has 72 valence electrons. The molecule has 0 radical (unpaired) electrons. The summed E-state index contributed by atoms with van der Waals surface area (Å²) in [5.41, 5.74) is 2.34. The van der Waals surface area contributed by atoms with Crippen LogP contribution < -0.4 is 4.74 Å². The summed E-state index contributed by atoms with van der Waals surface area (Å²) in [6.45, 7) is 11.0. The highest BCUT2D eigenvalue weighted by Gasteiger charge is 2.20. The zero-order valence-electron chi connectivity index (χ0n) is 8.45. The van der Waals surface area contributed by atoms with Crippen LogP contribution in [0, 0.1) is 6.57 Å². The van der Waals surface area contributed by atoms with E-state index in [0.717, 1.165) is 17.7 Å². The van der Waals surface area contributed by atoms with Gasteiger partial charge < -0.3 is 9.58 Å². The van der Waals surface area contributed by atoms with E-state index in [1.807, 2.05) is 19.1 Å². The fourth-order valence-electron chi connectivity index (χ4n) is 1.78. The van der Waals surface area contributed by atoms with Gasteiger partial charge in [-0.25, -0.2) is 6.57 Å². The monoisotopic (exact) mass is 187 g/mol. The number of hydrogen-bond donors (Lipinski definition) is 0. The van der Waals surface area contributed by atoms with Crippen LogP contribution in [-0.2, 0) is 6.42 Å². The molecule has 0 bridgehead atoms. The lowest BCUT2D eigenvalue weighted by atomic mass is 10.0. The van der Waals surface area contributed by atoms with Crippen LogP contribution >= 0.6 is 0 Å². The first-order valence-electron chi connectivity index (χ1n) is 4.86. The molecule has 0 saturated carbocycles. The minimum atomic E-state index is -0.0452. The fraction of sp³-hybridized carbons (Fsp3) is 0.417. The minimum Gasteiger partial charge on any atom is -0.490 e. The Morgan fingerprint density at radius 2 is 2.36 bits per heavy atom. The zero-order chi connectivity index (χ0) is 10.1. The maximum Gasteiger partial charge on any atom is 0.245 e. The van der Waals surface area contributed by atoms with Crippen LogP contribution in [0.15, 0.2) is 18.2 Å². The van der Waals surface area contributed by atoms with Crippen molar-refractivity contribution in [1.82, 2.24) is 0 Å². The molecule has 1 aromatic carbocycles. The molecule has 2 atom stereocenters. The summed E-state index contributed by atoms with van der Waals surface area (Å²) in [7, 11) is 0. The van der Waals surface area contributed by atoms with E-state index in [1.54, 1.807) is 0 Å². The predicted octanol–water partition coefficient (Wildman–Crippen LogP) is 2.99. The van der Waals surface area contributed by atoms with Crippen molar-refractivity contribution in [2.75, 3.05) is 0 Å². The number of nitrogens with zero attached hydrogens (tertiary/aromatic N) is 1. The number of hydrogen-bond acceptors (Lipinski definition) is 1. The topological polar surface area (TPSA) is 13.6 Å². The lowest BCUT2D eigenvalue weighted by molar-refractivity contribution is 0.254. The SMILES string of the molecule is [C-]#[N+]C(C)c1ccc2c(c1)CC(C)O2. The van der Waals surface area contributed by atoms with Gasteiger partial charge in [0.05, 0.1) is 0 Å². The van der Waals surface area contributed by atoms with Gasteiger partial charge in [0.2, 0.25) is 6.04 Å². The molecule has 0 amide bonds. The largest absolute Gasteiger partial charge is 0.490 e. The maximum absolute atomic E-state index is 6.98. The van der Waals surface area contributed by atoms with Crippen molar-refractivity contribution in [3.8, 4) is 5.75 Å². The molecule has 2 heteroatoms. The molecular weight excluding hydrogens is 174 g/mol. The molecule has 2 unspecified atom stereocenters. The highest BCUT2D eigenvalue weighted by molar-refractivity contribution is 5.41. The second-order valence-corrected chi connectivity index (χ2v) is 3.80. The van der Waals surface area contributed by atoms with Crippen molar-refractivity contribution >= 4 is 0 Å². The molecule has 1 aromatic rings. The van der Waals surface area contributed by atoms with Crippen LogP contribution in [0.3, 0.4) is 0 Å². The molecule has 1 aliphatic heterocycles. The van der Waals surface area contributed by atoms with Gasteiger partial charge in [0, 0.05) is 18.9 Å². The fourth-order valence-corrected chi connectivity index (χ4v) is 1.78. The lowest BCUT2D eigenvalue weighted by Gasteiger charge is -2.03. The van der Waals surface area contributed by atoms with Crippen LogP contribution in [0.2, 0.25) is 0 Å². The molecule has 1 heterocycles. The lowest BCUT2D eigenvalue weighted by Crippen LogP contribution is -2.05. The molecule has 0 spiro atoms. The summed E-state index contributed by atoms with van der Waals surface area (Å²) < 4.78 is 5.60. The third-order valence-electron chi connectivity index (χ3n) is 2.60. The van der Waals surface area contributed by atoms with E-state index in [-0.39, 0.29) is 12.1 Å². The molecule has 0 saturated heterocycles. The molecule has 14 heavy (non-hydrogen) atoms. The number of ether oxygens (including phenoxy) is 1. The summed E-state index contributed by atoms with van der Waals surface area (Å²) in [6, 6.07) is 6.02. The van der Waals surface area contributed by atoms with Gasteiger partial charge in [0.1, 0.15) is 11.9 Å². The predicted molar refractivity (Wildman–Crippen MR) is 55.3 cm³/mol. The molecule has 0 fully saturated rings. The Morgan fingerprint density at radius 3 is 3.07 bits per heavy atom. The van der Waals surface area contributed by atoms with Gasteiger partial charge in [-0.2, -0.15) is 0 Å². The molecule has 2 nitrogen and oxygen atoms in total. The summed E-state index contributed by atoms with van der Waals surface area (Å²) in [5, 5.41) is 0. The van der Waals surface area contributed by atoms with Crippen molar-refractivity contribution in [1.29, 1.82) is 0 Å². The number of fused-ring (bicyclic) bond motifs is 1. The van der Waals surface area contributed by atoms with E-state index in [0.29, 0.717) is 0 Å². The molecule has 2 rings (SSSR count). The van der Waals surface area contributed by atoms with E-state index in [9.17, 15) is 0 Å². The molecular formula is C12H13NO. The minimum absolute atomic E-state index is 0.0452. The van der Waals surface area contributed by atoms with Crippen molar-refractivity contribution in [2.24, 2.45) is 0 Å². The number of rotatable bonds is 1. The van der Waals surface area contributed by atoms with Crippen LogP contribution in [0.5, 0.6) is 5.75 Å². The van der Waals surface area contributed by atoms with Crippen LogP contribution in [0.4, 0.5) is 0 Å². The Labute approximate surface area is 84.3 Å². The summed E-state index contributed by atoms with van der Waals surface area (Å²) >= 11 is 0. The third kappa shape index (κ3) is 1.46. The van der Waals surface area contributed by atoms with Crippen LogP contribution in [-0.4, -0.2) is 6.10 Å². The second kappa shape index (κ2) is 3.34. The summed E-state index contributed by atoms with van der Waals surface area (Å²) in [4.78, 5) is 3.51. The van der Waals surface area contributed by atoms with Gasteiger partial charge in [0.15, 0.2) is 0 Å². The zero-order valence-corrected chi connectivity index (χ0v) is 8.45. The van der Waals surface area contributed by atoms with E-state index in [1.165, 1.54) is 5.56 Å². The van der Waals surface area contributed by atoms with Gasteiger partial charge in [-0.15, -0.1) is 0 Å². The van der Waals surface area contributed by atoms with Gasteiger partial charge in [-0.3, -0.25) is 0 Å². The quantitative estimate of drug-likeness (QED) is 0.616. The maximum atomic E-state index is 6.98. The van der Waals surface area contributed by atoms with Gasteiger partial charge in [0.25, 0.3) is 0 Å². The smallest absolute Gasteiger partial charge is 0.245 e. The Hall–Kier alpha value is -1.49. The van der Waals surface area contributed by atoms with E-state index >= 15 is 0 Å². The molecule has 1 aliphatic rings.